The van der Waals surface area contributed by atoms with E-state index >= 15 is 0 Å². The summed E-state index contributed by atoms with van der Waals surface area (Å²) >= 11 is 5.79. The highest BCUT2D eigenvalue weighted by atomic mass is 35.5. The van der Waals surface area contributed by atoms with Crippen molar-refractivity contribution in [2.45, 2.75) is 18.9 Å². The SMILES string of the molecule is Nc1cc(Cl)ccc1C(=O)N1CCC[C@@H]1CO. The topological polar surface area (TPSA) is 66.6 Å². The first-order valence-electron chi connectivity index (χ1n) is 5.60. The molecule has 0 aliphatic carbocycles. The Morgan fingerprint density at radius 2 is 2.35 bits per heavy atom. The van der Waals surface area contributed by atoms with Gasteiger partial charge in [0.25, 0.3) is 5.91 Å². The van der Waals surface area contributed by atoms with Crippen molar-refractivity contribution in [1.82, 2.24) is 4.90 Å². The molecule has 2 rings (SSSR count). The number of carbonyl (C=O) groups excluding carboxylic acids is 1. The molecule has 1 amide bonds. The maximum atomic E-state index is 12.2. The number of aliphatic hydroxyl groups excluding tert-OH is 1. The third-order valence-corrected chi connectivity index (χ3v) is 3.33. The van der Waals surface area contributed by atoms with E-state index in [2.05, 4.69) is 0 Å². The van der Waals surface area contributed by atoms with Gasteiger partial charge in [-0.05, 0) is 31.0 Å². The Labute approximate surface area is 105 Å². The predicted octanol–water partition coefficient (Wildman–Crippen LogP) is 1.52. The van der Waals surface area contributed by atoms with Crippen LogP contribution in [0.3, 0.4) is 0 Å². The Morgan fingerprint density at radius 1 is 1.59 bits per heavy atom. The first-order chi connectivity index (χ1) is 8.13. The Balaban J connectivity index is 2.24. The molecule has 0 radical (unpaired) electrons. The highest BCUT2D eigenvalue weighted by molar-refractivity contribution is 6.31. The van der Waals surface area contributed by atoms with Gasteiger partial charge in [0.05, 0.1) is 18.2 Å². The van der Waals surface area contributed by atoms with Crippen molar-refractivity contribution in [3.8, 4) is 0 Å². The number of halogens is 1. The van der Waals surface area contributed by atoms with Crippen LogP contribution in [0.25, 0.3) is 0 Å². The number of likely N-dealkylation sites (tertiary alicyclic amines) is 1. The van der Waals surface area contributed by atoms with Crippen LogP contribution >= 0.6 is 11.6 Å². The largest absolute Gasteiger partial charge is 0.398 e. The van der Waals surface area contributed by atoms with E-state index in [0.717, 1.165) is 12.8 Å². The average Bonchev–Trinajstić information content (AvgIpc) is 2.76. The quantitative estimate of drug-likeness (QED) is 0.787. The lowest BCUT2D eigenvalue weighted by Gasteiger charge is -2.23. The lowest BCUT2D eigenvalue weighted by molar-refractivity contribution is 0.0678. The van der Waals surface area contributed by atoms with Crippen molar-refractivity contribution in [2.75, 3.05) is 18.9 Å². The lowest BCUT2D eigenvalue weighted by Crippen LogP contribution is -2.37. The van der Waals surface area contributed by atoms with Gasteiger partial charge in [-0.1, -0.05) is 11.6 Å². The number of carbonyl (C=O) groups is 1. The fourth-order valence-corrected chi connectivity index (χ4v) is 2.36. The third kappa shape index (κ3) is 2.37. The molecule has 1 atom stereocenters. The van der Waals surface area contributed by atoms with Crippen molar-refractivity contribution in [2.24, 2.45) is 0 Å². The van der Waals surface area contributed by atoms with Crippen LogP contribution in [0, 0.1) is 0 Å². The smallest absolute Gasteiger partial charge is 0.256 e. The lowest BCUT2D eigenvalue weighted by atomic mass is 10.1. The van der Waals surface area contributed by atoms with Crippen LogP contribution in [0.15, 0.2) is 18.2 Å². The van der Waals surface area contributed by atoms with Gasteiger partial charge in [-0.15, -0.1) is 0 Å². The first-order valence-corrected chi connectivity index (χ1v) is 5.98. The molecule has 1 fully saturated rings. The van der Waals surface area contributed by atoms with E-state index in [1.165, 1.54) is 0 Å². The summed E-state index contributed by atoms with van der Waals surface area (Å²) in [5, 5.41) is 9.71. The Bertz CT molecular complexity index is 437. The Morgan fingerprint density at radius 3 is 3.00 bits per heavy atom. The zero-order valence-electron chi connectivity index (χ0n) is 9.40. The number of amides is 1. The molecule has 4 nitrogen and oxygen atoms in total. The molecule has 17 heavy (non-hydrogen) atoms. The van der Waals surface area contributed by atoms with E-state index in [1.54, 1.807) is 23.1 Å². The molecule has 1 saturated heterocycles. The summed E-state index contributed by atoms with van der Waals surface area (Å²) in [4.78, 5) is 13.9. The number of benzene rings is 1. The molecule has 1 heterocycles. The van der Waals surface area contributed by atoms with Crippen molar-refractivity contribution in [3.05, 3.63) is 28.8 Å². The number of aliphatic hydroxyl groups is 1. The second kappa shape index (κ2) is 4.94. The van der Waals surface area contributed by atoms with Crippen molar-refractivity contribution >= 4 is 23.2 Å². The molecule has 1 aliphatic rings. The molecule has 0 saturated carbocycles. The molecule has 0 aromatic heterocycles. The first kappa shape index (κ1) is 12.2. The van der Waals surface area contributed by atoms with E-state index < -0.39 is 0 Å². The Kier molecular flexibility index (Phi) is 3.54. The van der Waals surface area contributed by atoms with Crippen molar-refractivity contribution < 1.29 is 9.90 Å². The van der Waals surface area contributed by atoms with Gasteiger partial charge in [0.2, 0.25) is 0 Å². The zero-order chi connectivity index (χ0) is 12.4. The summed E-state index contributed by atoms with van der Waals surface area (Å²) in [6.07, 6.45) is 1.76. The fraction of sp³-hybridized carbons (Fsp3) is 0.417. The number of nitrogens with two attached hydrogens (primary N) is 1. The molecular weight excluding hydrogens is 240 g/mol. The van der Waals surface area contributed by atoms with Gasteiger partial charge < -0.3 is 15.7 Å². The summed E-state index contributed by atoms with van der Waals surface area (Å²) in [7, 11) is 0. The number of hydrogen-bond donors (Lipinski definition) is 2. The molecule has 0 bridgehead atoms. The monoisotopic (exact) mass is 254 g/mol. The second-order valence-corrected chi connectivity index (χ2v) is 4.65. The van der Waals surface area contributed by atoms with E-state index in [4.69, 9.17) is 17.3 Å². The van der Waals surface area contributed by atoms with E-state index in [1.807, 2.05) is 0 Å². The van der Waals surface area contributed by atoms with Crippen molar-refractivity contribution in [1.29, 1.82) is 0 Å². The molecule has 1 aromatic carbocycles. The van der Waals surface area contributed by atoms with Gasteiger partial charge >= 0.3 is 0 Å². The maximum absolute atomic E-state index is 12.2. The molecule has 0 spiro atoms. The number of nitrogen functional groups attached to an aromatic ring is 1. The molecule has 1 aliphatic heterocycles. The van der Waals surface area contributed by atoms with Gasteiger partial charge in [0, 0.05) is 17.3 Å². The summed E-state index contributed by atoms with van der Waals surface area (Å²) in [5.41, 5.74) is 6.62. The van der Waals surface area contributed by atoms with Gasteiger partial charge in [0.1, 0.15) is 0 Å². The average molecular weight is 255 g/mol. The summed E-state index contributed by atoms with van der Waals surface area (Å²) in [5.74, 6) is -0.129. The van der Waals surface area contributed by atoms with Gasteiger partial charge in [-0.25, -0.2) is 0 Å². The number of rotatable bonds is 2. The van der Waals surface area contributed by atoms with Crippen LogP contribution in [-0.2, 0) is 0 Å². The molecule has 1 aromatic rings. The summed E-state index contributed by atoms with van der Waals surface area (Å²) < 4.78 is 0. The van der Waals surface area contributed by atoms with E-state index in [-0.39, 0.29) is 18.6 Å². The van der Waals surface area contributed by atoms with Crippen LogP contribution in [0.2, 0.25) is 5.02 Å². The van der Waals surface area contributed by atoms with Crippen LogP contribution < -0.4 is 5.73 Å². The minimum Gasteiger partial charge on any atom is -0.398 e. The van der Waals surface area contributed by atoms with Gasteiger partial charge in [0.15, 0.2) is 0 Å². The van der Waals surface area contributed by atoms with Crippen LogP contribution in [0.4, 0.5) is 5.69 Å². The number of anilines is 1. The predicted molar refractivity (Wildman–Crippen MR) is 67.0 cm³/mol. The van der Waals surface area contributed by atoms with Crippen LogP contribution in [0.5, 0.6) is 0 Å². The van der Waals surface area contributed by atoms with E-state index in [0.29, 0.717) is 22.8 Å². The standard InChI is InChI=1S/C12H15ClN2O2/c13-8-3-4-10(11(14)6-8)12(17)15-5-1-2-9(15)7-16/h3-4,6,9,16H,1-2,5,7,14H2/t9-/m1/s1. The number of nitrogens with zero attached hydrogens (tertiary/aromatic N) is 1. The molecule has 3 N–H and O–H groups in total. The van der Waals surface area contributed by atoms with E-state index in [9.17, 15) is 9.90 Å². The fourth-order valence-electron chi connectivity index (χ4n) is 2.18. The summed E-state index contributed by atoms with van der Waals surface area (Å²) in [6, 6.07) is 4.76. The molecule has 0 unspecified atom stereocenters. The molecule has 92 valence electrons. The molecular formula is C12H15ClN2O2. The maximum Gasteiger partial charge on any atom is 0.256 e. The second-order valence-electron chi connectivity index (χ2n) is 4.21. The minimum atomic E-state index is -0.129. The molecule has 5 heteroatoms. The van der Waals surface area contributed by atoms with Gasteiger partial charge in [-0.3, -0.25) is 4.79 Å². The normalized spacial score (nSPS) is 19.6. The minimum absolute atomic E-state index is 0.000759. The van der Waals surface area contributed by atoms with Crippen LogP contribution in [0.1, 0.15) is 23.2 Å². The highest BCUT2D eigenvalue weighted by Crippen LogP contribution is 2.24. The van der Waals surface area contributed by atoms with Gasteiger partial charge in [-0.2, -0.15) is 0 Å². The Hall–Kier alpha value is -1.26. The number of hydrogen-bond acceptors (Lipinski definition) is 3. The zero-order valence-corrected chi connectivity index (χ0v) is 10.2. The van der Waals surface area contributed by atoms with Crippen molar-refractivity contribution in [3.63, 3.8) is 0 Å². The van der Waals surface area contributed by atoms with Crippen LogP contribution in [-0.4, -0.2) is 35.1 Å². The summed E-state index contributed by atoms with van der Waals surface area (Å²) in [6.45, 7) is 0.672. The third-order valence-electron chi connectivity index (χ3n) is 3.09. The highest BCUT2D eigenvalue weighted by Gasteiger charge is 2.29.